The largest absolute Gasteiger partial charge is 0.296 e. The van der Waals surface area contributed by atoms with Crippen LogP contribution in [0.3, 0.4) is 0 Å². The number of thioether (sulfide) groups is 1. The third kappa shape index (κ3) is 3.74. The molecule has 0 aromatic rings. The van der Waals surface area contributed by atoms with E-state index in [2.05, 4.69) is 37.1 Å². The number of hydrogen-bond donors (Lipinski definition) is 0. The highest BCUT2D eigenvalue weighted by Crippen LogP contribution is 2.17. The Balaban J connectivity index is 2.40. The van der Waals surface area contributed by atoms with Gasteiger partial charge >= 0.3 is 0 Å². The minimum Gasteiger partial charge on any atom is -0.296 e. The summed E-state index contributed by atoms with van der Waals surface area (Å²) in [5.74, 6) is 2.62. The van der Waals surface area contributed by atoms with Gasteiger partial charge in [0.1, 0.15) is 0 Å². The number of nitrogens with zero attached hydrogens (tertiary/aromatic N) is 1. The van der Waals surface area contributed by atoms with Gasteiger partial charge in [-0.05, 0) is 25.5 Å². The first-order valence-electron chi connectivity index (χ1n) is 5.22. The zero-order valence-corrected chi connectivity index (χ0v) is 9.70. The lowest BCUT2D eigenvalue weighted by atomic mass is 10.1. The molecule has 1 saturated heterocycles. The molecule has 0 aromatic heterocycles. The van der Waals surface area contributed by atoms with Gasteiger partial charge in [0.25, 0.3) is 0 Å². The van der Waals surface area contributed by atoms with Crippen molar-refractivity contribution in [3.05, 3.63) is 12.2 Å². The van der Waals surface area contributed by atoms with Crippen LogP contribution in [0, 0.1) is 0 Å². The Labute approximate surface area is 86.6 Å². The lowest BCUT2D eigenvalue weighted by molar-refractivity contribution is 0.238. The molecule has 0 radical (unpaired) electrons. The first kappa shape index (κ1) is 11.1. The van der Waals surface area contributed by atoms with Gasteiger partial charge in [-0.15, -0.1) is 0 Å². The van der Waals surface area contributed by atoms with Gasteiger partial charge in [-0.25, -0.2) is 0 Å². The van der Waals surface area contributed by atoms with Gasteiger partial charge in [0.05, 0.1) is 0 Å². The van der Waals surface area contributed by atoms with Gasteiger partial charge < -0.3 is 0 Å². The zero-order chi connectivity index (χ0) is 9.68. The molecule has 1 unspecified atom stereocenters. The lowest BCUT2D eigenvalue weighted by Gasteiger charge is -2.27. The van der Waals surface area contributed by atoms with E-state index in [0.717, 1.165) is 19.0 Å². The van der Waals surface area contributed by atoms with Crippen molar-refractivity contribution in [2.75, 3.05) is 24.6 Å². The maximum atomic E-state index is 4.08. The smallest absolute Gasteiger partial charge is 0.0193 e. The molecule has 1 aliphatic heterocycles. The molecule has 76 valence electrons. The van der Waals surface area contributed by atoms with E-state index in [-0.39, 0.29) is 0 Å². The van der Waals surface area contributed by atoms with Crippen LogP contribution in [0.1, 0.15) is 26.7 Å². The molecular formula is C11H21NS. The fourth-order valence-electron chi connectivity index (χ4n) is 1.57. The summed E-state index contributed by atoms with van der Waals surface area (Å²) in [4.78, 5) is 2.58. The molecule has 0 amide bonds. The van der Waals surface area contributed by atoms with E-state index in [1.54, 1.807) is 0 Å². The van der Waals surface area contributed by atoms with Gasteiger partial charge in [0.2, 0.25) is 0 Å². The van der Waals surface area contributed by atoms with Crippen molar-refractivity contribution < 1.29 is 0 Å². The minimum atomic E-state index is 0.748. The van der Waals surface area contributed by atoms with E-state index in [1.807, 2.05) is 0 Å². The Morgan fingerprint density at radius 1 is 1.54 bits per heavy atom. The second-order valence-corrected chi connectivity index (χ2v) is 5.05. The van der Waals surface area contributed by atoms with Crippen LogP contribution >= 0.6 is 11.8 Å². The molecule has 0 saturated carbocycles. The van der Waals surface area contributed by atoms with Crippen LogP contribution in [0.15, 0.2) is 12.2 Å². The predicted octanol–water partition coefficient (Wildman–Crippen LogP) is 2.78. The second kappa shape index (κ2) is 5.71. The van der Waals surface area contributed by atoms with Crippen LogP contribution in [0.2, 0.25) is 0 Å². The maximum Gasteiger partial charge on any atom is 0.0193 e. The summed E-state index contributed by atoms with van der Waals surface area (Å²) in [6.07, 6.45) is 2.46. The van der Waals surface area contributed by atoms with E-state index in [0.29, 0.717) is 0 Å². The third-order valence-corrected chi connectivity index (χ3v) is 3.75. The standard InChI is InChI=1S/C11H21NS/c1-4-10(2)9-12-6-8-13-7-5-11(12)3/h11H,2,4-9H2,1,3H3. The van der Waals surface area contributed by atoms with Crippen molar-refractivity contribution in [3.63, 3.8) is 0 Å². The number of rotatable bonds is 3. The molecule has 2 heteroatoms. The molecular weight excluding hydrogens is 178 g/mol. The van der Waals surface area contributed by atoms with Gasteiger partial charge in [0.15, 0.2) is 0 Å². The first-order chi connectivity index (χ1) is 6.24. The van der Waals surface area contributed by atoms with E-state index < -0.39 is 0 Å². The Morgan fingerprint density at radius 2 is 2.31 bits per heavy atom. The van der Waals surface area contributed by atoms with E-state index in [1.165, 1.54) is 30.0 Å². The van der Waals surface area contributed by atoms with Crippen LogP contribution in [0.5, 0.6) is 0 Å². The van der Waals surface area contributed by atoms with Crippen molar-refractivity contribution in [2.45, 2.75) is 32.7 Å². The molecule has 1 fully saturated rings. The summed E-state index contributed by atoms with van der Waals surface area (Å²) in [7, 11) is 0. The summed E-state index contributed by atoms with van der Waals surface area (Å²) in [6, 6.07) is 0.748. The summed E-state index contributed by atoms with van der Waals surface area (Å²) >= 11 is 2.09. The fraction of sp³-hybridized carbons (Fsp3) is 0.818. The van der Waals surface area contributed by atoms with Gasteiger partial charge in [-0.2, -0.15) is 11.8 Å². The summed E-state index contributed by atoms with van der Waals surface area (Å²) < 4.78 is 0. The van der Waals surface area contributed by atoms with Crippen LogP contribution in [0.25, 0.3) is 0 Å². The van der Waals surface area contributed by atoms with Crippen LogP contribution < -0.4 is 0 Å². The fourth-order valence-corrected chi connectivity index (χ4v) is 2.65. The SMILES string of the molecule is C=C(CC)CN1CCSCCC1C. The van der Waals surface area contributed by atoms with Crippen LogP contribution in [-0.2, 0) is 0 Å². The van der Waals surface area contributed by atoms with Crippen molar-refractivity contribution in [3.8, 4) is 0 Å². The van der Waals surface area contributed by atoms with Crippen molar-refractivity contribution in [1.29, 1.82) is 0 Å². The highest BCUT2D eigenvalue weighted by molar-refractivity contribution is 7.99. The highest BCUT2D eigenvalue weighted by Gasteiger charge is 2.16. The summed E-state index contributed by atoms with van der Waals surface area (Å²) in [5, 5.41) is 0. The molecule has 13 heavy (non-hydrogen) atoms. The Hall–Kier alpha value is 0.0500. The molecule has 1 aliphatic rings. The zero-order valence-electron chi connectivity index (χ0n) is 8.88. The molecule has 0 bridgehead atoms. The maximum absolute atomic E-state index is 4.08. The highest BCUT2D eigenvalue weighted by atomic mass is 32.2. The molecule has 1 atom stereocenters. The molecule has 0 spiro atoms. The molecule has 0 N–H and O–H groups in total. The molecule has 1 nitrogen and oxygen atoms in total. The lowest BCUT2D eigenvalue weighted by Crippen LogP contribution is -2.35. The minimum absolute atomic E-state index is 0.748. The van der Waals surface area contributed by atoms with E-state index >= 15 is 0 Å². The monoisotopic (exact) mass is 199 g/mol. The average molecular weight is 199 g/mol. The van der Waals surface area contributed by atoms with Crippen molar-refractivity contribution >= 4 is 11.8 Å². The van der Waals surface area contributed by atoms with Crippen molar-refractivity contribution in [2.24, 2.45) is 0 Å². The second-order valence-electron chi connectivity index (χ2n) is 3.82. The van der Waals surface area contributed by atoms with Gasteiger partial charge in [0, 0.05) is 24.9 Å². The Bertz CT molecular complexity index is 167. The third-order valence-electron chi connectivity index (χ3n) is 2.75. The molecule has 1 heterocycles. The quantitative estimate of drug-likeness (QED) is 0.643. The normalized spacial score (nSPS) is 25.5. The van der Waals surface area contributed by atoms with Crippen LogP contribution in [0.4, 0.5) is 0 Å². The van der Waals surface area contributed by atoms with E-state index in [9.17, 15) is 0 Å². The molecule has 0 aromatic carbocycles. The molecule has 1 rings (SSSR count). The Morgan fingerprint density at radius 3 is 3.00 bits per heavy atom. The van der Waals surface area contributed by atoms with Gasteiger partial charge in [-0.3, -0.25) is 4.90 Å². The predicted molar refractivity (Wildman–Crippen MR) is 62.4 cm³/mol. The first-order valence-corrected chi connectivity index (χ1v) is 6.38. The van der Waals surface area contributed by atoms with Crippen LogP contribution in [-0.4, -0.2) is 35.5 Å². The van der Waals surface area contributed by atoms with E-state index in [4.69, 9.17) is 0 Å². The van der Waals surface area contributed by atoms with Crippen molar-refractivity contribution in [1.82, 2.24) is 4.90 Å². The Kier molecular flexibility index (Phi) is 4.89. The topological polar surface area (TPSA) is 3.24 Å². The average Bonchev–Trinajstić information content (AvgIpc) is 2.32. The van der Waals surface area contributed by atoms with Gasteiger partial charge in [-0.1, -0.05) is 19.1 Å². The number of hydrogen-bond acceptors (Lipinski definition) is 2. The summed E-state index contributed by atoms with van der Waals surface area (Å²) in [5.41, 5.74) is 1.37. The molecule has 0 aliphatic carbocycles. The summed E-state index contributed by atoms with van der Waals surface area (Å²) in [6.45, 7) is 11.0.